The third-order valence-electron chi connectivity index (χ3n) is 3.41. The summed E-state index contributed by atoms with van der Waals surface area (Å²) in [5, 5.41) is 3.02. The Balaban J connectivity index is 2.12. The summed E-state index contributed by atoms with van der Waals surface area (Å²) < 4.78 is 5.75. The fourth-order valence-corrected chi connectivity index (χ4v) is 1.79. The van der Waals surface area contributed by atoms with Gasteiger partial charge in [-0.15, -0.1) is 0 Å². The van der Waals surface area contributed by atoms with Gasteiger partial charge in [0, 0.05) is 11.1 Å². The van der Waals surface area contributed by atoms with Crippen molar-refractivity contribution in [2.24, 2.45) is 0 Å². The van der Waals surface area contributed by atoms with E-state index in [1.54, 1.807) is 12.1 Å². The number of ether oxygens (including phenoxy) is 1. The first-order valence-electron chi connectivity index (χ1n) is 7.16. The number of rotatable bonds is 5. The average Bonchev–Trinajstić information content (AvgIpc) is 2.48. The zero-order chi connectivity index (χ0) is 15.3. The van der Waals surface area contributed by atoms with Gasteiger partial charge in [0.1, 0.15) is 11.5 Å². The maximum absolute atomic E-state index is 12.3. The van der Waals surface area contributed by atoms with E-state index in [4.69, 9.17) is 4.74 Å². The Labute approximate surface area is 126 Å². The molecule has 0 aliphatic rings. The molecule has 0 aliphatic heterocycles. The lowest BCUT2D eigenvalue weighted by atomic mass is 10.0. The summed E-state index contributed by atoms with van der Waals surface area (Å²) in [6.07, 6.45) is 0.874. The van der Waals surface area contributed by atoms with E-state index in [1.807, 2.05) is 56.3 Å². The summed E-state index contributed by atoms with van der Waals surface area (Å²) >= 11 is 0. The standard InChI is InChI=1S/C18H21NO2/c1-4-18(2,3)19-17(20)14-9-8-12-16(13-14)21-15-10-6-5-7-11-15/h5-13H,4H2,1-3H3,(H,19,20). The molecular formula is C18H21NO2. The molecule has 0 aromatic heterocycles. The second kappa shape index (κ2) is 6.44. The second-order valence-corrected chi connectivity index (χ2v) is 5.63. The third-order valence-corrected chi connectivity index (χ3v) is 3.41. The van der Waals surface area contributed by atoms with E-state index in [1.165, 1.54) is 0 Å². The minimum Gasteiger partial charge on any atom is -0.457 e. The predicted molar refractivity (Wildman–Crippen MR) is 84.8 cm³/mol. The smallest absolute Gasteiger partial charge is 0.251 e. The van der Waals surface area contributed by atoms with Crippen molar-refractivity contribution in [2.45, 2.75) is 32.7 Å². The van der Waals surface area contributed by atoms with Crippen LogP contribution in [0.5, 0.6) is 11.5 Å². The molecule has 0 bridgehead atoms. The number of amides is 1. The fraction of sp³-hybridized carbons (Fsp3) is 0.278. The van der Waals surface area contributed by atoms with Gasteiger partial charge in [0.25, 0.3) is 5.91 Å². The molecule has 0 atom stereocenters. The van der Waals surface area contributed by atoms with Crippen molar-refractivity contribution in [3.8, 4) is 11.5 Å². The molecule has 1 N–H and O–H groups in total. The van der Waals surface area contributed by atoms with Gasteiger partial charge < -0.3 is 10.1 Å². The van der Waals surface area contributed by atoms with Gasteiger partial charge in [-0.1, -0.05) is 31.2 Å². The van der Waals surface area contributed by atoms with Crippen molar-refractivity contribution < 1.29 is 9.53 Å². The largest absolute Gasteiger partial charge is 0.457 e. The van der Waals surface area contributed by atoms with Crippen molar-refractivity contribution in [2.75, 3.05) is 0 Å². The van der Waals surface area contributed by atoms with E-state index in [0.29, 0.717) is 11.3 Å². The number of para-hydroxylation sites is 1. The van der Waals surface area contributed by atoms with Crippen LogP contribution in [0.3, 0.4) is 0 Å². The fourth-order valence-electron chi connectivity index (χ4n) is 1.79. The number of hydrogen-bond donors (Lipinski definition) is 1. The van der Waals surface area contributed by atoms with Crippen molar-refractivity contribution in [3.05, 3.63) is 60.2 Å². The van der Waals surface area contributed by atoms with Crippen LogP contribution in [0.1, 0.15) is 37.6 Å². The van der Waals surface area contributed by atoms with Crippen LogP contribution < -0.4 is 10.1 Å². The van der Waals surface area contributed by atoms with E-state index >= 15 is 0 Å². The van der Waals surface area contributed by atoms with Gasteiger partial charge in [0.05, 0.1) is 0 Å². The normalized spacial score (nSPS) is 11.0. The maximum Gasteiger partial charge on any atom is 0.251 e. The lowest BCUT2D eigenvalue weighted by molar-refractivity contribution is 0.0911. The third kappa shape index (κ3) is 4.35. The number of nitrogens with one attached hydrogen (secondary N) is 1. The molecule has 110 valence electrons. The van der Waals surface area contributed by atoms with Crippen LogP contribution in [0, 0.1) is 0 Å². The Bertz CT molecular complexity index is 606. The van der Waals surface area contributed by atoms with Crippen LogP contribution in [-0.4, -0.2) is 11.4 Å². The zero-order valence-corrected chi connectivity index (χ0v) is 12.7. The summed E-state index contributed by atoms with van der Waals surface area (Å²) in [6, 6.07) is 16.7. The number of carbonyl (C=O) groups excluding carboxylic acids is 1. The highest BCUT2D eigenvalue weighted by Crippen LogP contribution is 2.22. The Hall–Kier alpha value is -2.29. The summed E-state index contributed by atoms with van der Waals surface area (Å²) in [4.78, 5) is 12.3. The van der Waals surface area contributed by atoms with Crippen molar-refractivity contribution in [1.29, 1.82) is 0 Å². The minimum absolute atomic E-state index is 0.0830. The SMILES string of the molecule is CCC(C)(C)NC(=O)c1cccc(Oc2ccccc2)c1. The van der Waals surface area contributed by atoms with Gasteiger partial charge >= 0.3 is 0 Å². The first kappa shape index (κ1) is 15.1. The Kier molecular flexibility index (Phi) is 4.63. The topological polar surface area (TPSA) is 38.3 Å². The summed E-state index contributed by atoms with van der Waals surface area (Å²) in [5.41, 5.74) is 0.387. The molecule has 3 heteroatoms. The summed E-state index contributed by atoms with van der Waals surface area (Å²) in [6.45, 7) is 6.07. The molecule has 0 unspecified atom stereocenters. The minimum atomic E-state index is -0.215. The molecule has 21 heavy (non-hydrogen) atoms. The van der Waals surface area contributed by atoms with E-state index in [-0.39, 0.29) is 11.4 Å². The van der Waals surface area contributed by atoms with Crippen LogP contribution in [0.25, 0.3) is 0 Å². The molecule has 2 aromatic rings. The van der Waals surface area contributed by atoms with Gasteiger partial charge in [-0.05, 0) is 50.6 Å². The molecule has 0 radical (unpaired) electrons. The van der Waals surface area contributed by atoms with Crippen LogP contribution in [0.15, 0.2) is 54.6 Å². The summed E-state index contributed by atoms with van der Waals surface area (Å²) in [5.74, 6) is 1.33. The van der Waals surface area contributed by atoms with Crippen LogP contribution >= 0.6 is 0 Å². The molecule has 0 saturated carbocycles. The van der Waals surface area contributed by atoms with Gasteiger partial charge in [0.15, 0.2) is 0 Å². The van der Waals surface area contributed by atoms with E-state index in [9.17, 15) is 4.79 Å². The Morgan fingerprint density at radius 2 is 1.71 bits per heavy atom. The Morgan fingerprint density at radius 3 is 2.38 bits per heavy atom. The predicted octanol–water partition coefficient (Wildman–Crippen LogP) is 4.40. The number of carbonyl (C=O) groups is 1. The van der Waals surface area contributed by atoms with Crippen LogP contribution in [0.4, 0.5) is 0 Å². The average molecular weight is 283 g/mol. The Morgan fingerprint density at radius 1 is 1.05 bits per heavy atom. The highest BCUT2D eigenvalue weighted by Gasteiger charge is 2.19. The molecule has 3 nitrogen and oxygen atoms in total. The van der Waals surface area contributed by atoms with Crippen molar-refractivity contribution in [1.82, 2.24) is 5.32 Å². The number of benzene rings is 2. The molecule has 0 heterocycles. The molecule has 2 rings (SSSR count). The van der Waals surface area contributed by atoms with E-state index in [0.717, 1.165) is 12.2 Å². The van der Waals surface area contributed by atoms with Crippen molar-refractivity contribution in [3.63, 3.8) is 0 Å². The summed E-state index contributed by atoms with van der Waals surface area (Å²) in [7, 11) is 0. The van der Waals surface area contributed by atoms with E-state index in [2.05, 4.69) is 12.2 Å². The van der Waals surface area contributed by atoms with Gasteiger partial charge in [-0.25, -0.2) is 0 Å². The molecule has 0 fully saturated rings. The number of hydrogen-bond acceptors (Lipinski definition) is 2. The first-order chi connectivity index (χ1) is 10.00. The second-order valence-electron chi connectivity index (χ2n) is 5.63. The molecular weight excluding hydrogens is 262 g/mol. The van der Waals surface area contributed by atoms with Crippen LogP contribution in [0.2, 0.25) is 0 Å². The van der Waals surface area contributed by atoms with E-state index < -0.39 is 0 Å². The molecule has 0 spiro atoms. The molecule has 1 amide bonds. The monoisotopic (exact) mass is 283 g/mol. The molecule has 2 aromatic carbocycles. The highest BCUT2D eigenvalue weighted by molar-refractivity contribution is 5.95. The molecule has 0 saturated heterocycles. The lowest BCUT2D eigenvalue weighted by Crippen LogP contribution is -2.42. The first-order valence-corrected chi connectivity index (χ1v) is 7.16. The zero-order valence-electron chi connectivity index (χ0n) is 12.7. The lowest BCUT2D eigenvalue weighted by Gasteiger charge is -2.24. The highest BCUT2D eigenvalue weighted by atomic mass is 16.5. The van der Waals surface area contributed by atoms with Crippen LogP contribution in [-0.2, 0) is 0 Å². The van der Waals surface area contributed by atoms with Gasteiger partial charge in [0.2, 0.25) is 0 Å². The van der Waals surface area contributed by atoms with Crippen molar-refractivity contribution >= 4 is 5.91 Å². The quantitative estimate of drug-likeness (QED) is 0.883. The van der Waals surface area contributed by atoms with Gasteiger partial charge in [-0.2, -0.15) is 0 Å². The van der Waals surface area contributed by atoms with Gasteiger partial charge in [-0.3, -0.25) is 4.79 Å². The molecule has 0 aliphatic carbocycles. The maximum atomic E-state index is 12.3.